The van der Waals surface area contributed by atoms with Gasteiger partial charge in [-0.3, -0.25) is 0 Å². The zero-order valence-corrected chi connectivity index (χ0v) is 13.8. The Hall–Kier alpha value is -1.11. The molecular formula is C14H16BrN3OS. The third-order valence-corrected chi connectivity index (χ3v) is 4.44. The molecule has 1 aromatic heterocycles. The number of halogens is 1. The number of nitrogens with one attached hydrogen (secondary N) is 1. The second-order valence-corrected chi connectivity index (χ2v) is 5.84. The minimum Gasteiger partial charge on any atom is -0.374 e. The van der Waals surface area contributed by atoms with Gasteiger partial charge in [0, 0.05) is 29.1 Å². The fourth-order valence-electron chi connectivity index (χ4n) is 1.55. The van der Waals surface area contributed by atoms with Crippen LogP contribution in [-0.4, -0.2) is 23.6 Å². The van der Waals surface area contributed by atoms with Crippen LogP contribution in [0.25, 0.3) is 0 Å². The molecule has 0 fully saturated rings. The highest BCUT2D eigenvalue weighted by Gasteiger charge is 2.07. The van der Waals surface area contributed by atoms with E-state index < -0.39 is 0 Å². The Morgan fingerprint density at radius 1 is 1.30 bits per heavy atom. The van der Waals surface area contributed by atoms with Crippen molar-refractivity contribution in [2.24, 2.45) is 0 Å². The van der Waals surface area contributed by atoms with E-state index in [9.17, 15) is 0 Å². The summed E-state index contributed by atoms with van der Waals surface area (Å²) < 4.78 is 6.43. The second-order valence-electron chi connectivity index (χ2n) is 3.93. The molecule has 0 unspecified atom stereocenters. The van der Waals surface area contributed by atoms with Crippen LogP contribution in [-0.2, 0) is 11.3 Å². The number of anilines is 1. The summed E-state index contributed by atoms with van der Waals surface area (Å²) in [7, 11) is 1.85. The summed E-state index contributed by atoms with van der Waals surface area (Å²) in [6.45, 7) is 3.04. The summed E-state index contributed by atoms with van der Waals surface area (Å²) in [6, 6.07) is 10.0. The summed E-state index contributed by atoms with van der Waals surface area (Å²) in [5, 5.41) is 3.95. The van der Waals surface area contributed by atoms with Gasteiger partial charge in [0.05, 0.1) is 0 Å². The smallest absolute Gasteiger partial charge is 0.157 e. The fraction of sp³-hybridized carbons (Fsp3) is 0.286. The van der Waals surface area contributed by atoms with Gasteiger partial charge in [-0.2, -0.15) is 0 Å². The van der Waals surface area contributed by atoms with E-state index in [1.165, 1.54) is 0 Å². The number of hydrogen-bond donors (Lipinski definition) is 1. The topological polar surface area (TPSA) is 47.0 Å². The molecule has 0 aliphatic rings. The SMILES string of the molecule is CCOCc1nc(NC)cc(Sc2ccccc2Br)n1. The standard InChI is InChI=1S/C14H16BrN3OS/c1-3-19-9-13-17-12(16-2)8-14(18-13)20-11-7-5-4-6-10(11)15/h4-8H,3,9H2,1-2H3,(H,16,17,18). The highest BCUT2D eigenvalue weighted by molar-refractivity contribution is 9.10. The molecule has 2 rings (SSSR count). The predicted molar refractivity (Wildman–Crippen MR) is 85.2 cm³/mol. The molecule has 1 heterocycles. The molecule has 1 N–H and O–H groups in total. The van der Waals surface area contributed by atoms with Crippen LogP contribution in [0.1, 0.15) is 12.7 Å². The third-order valence-electron chi connectivity index (χ3n) is 2.49. The van der Waals surface area contributed by atoms with Crippen molar-refractivity contribution in [3.63, 3.8) is 0 Å². The Kier molecular flexibility index (Phi) is 5.82. The van der Waals surface area contributed by atoms with E-state index in [1.54, 1.807) is 11.8 Å². The third kappa shape index (κ3) is 4.19. The molecular weight excluding hydrogens is 338 g/mol. The molecule has 0 aliphatic heterocycles. The molecule has 0 bridgehead atoms. The lowest BCUT2D eigenvalue weighted by Crippen LogP contribution is -2.03. The van der Waals surface area contributed by atoms with Gasteiger partial charge < -0.3 is 10.1 Å². The van der Waals surface area contributed by atoms with Crippen molar-refractivity contribution in [3.05, 3.63) is 40.6 Å². The summed E-state index contributed by atoms with van der Waals surface area (Å²) in [5.41, 5.74) is 0. The average molecular weight is 354 g/mol. The second kappa shape index (κ2) is 7.61. The molecule has 0 saturated carbocycles. The Balaban J connectivity index is 2.24. The van der Waals surface area contributed by atoms with Crippen LogP contribution in [0.5, 0.6) is 0 Å². The van der Waals surface area contributed by atoms with Crippen molar-refractivity contribution in [1.29, 1.82) is 0 Å². The van der Waals surface area contributed by atoms with Gasteiger partial charge in [0.25, 0.3) is 0 Å². The Labute approximate surface area is 131 Å². The maximum absolute atomic E-state index is 5.38. The van der Waals surface area contributed by atoms with E-state index in [0.717, 1.165) is 20.2 Å². The van der Waals surface area contributed by atoms with Crippen molar-refractivity contribution < 1.29 is 4.74 Å². The van der Waals surface area contributed by atoms with Gasteiger partial charge in [-0.05, 0) is 35.0 Å². The van der Waals surface area contributed by atoms with Crippen molar-refractivity contribution in [1.82, 2.24) is 9.97 Å². The number of hydrogen-bond acceptors (Lipinski definition) is 5. The first-order valence-electron chi connectivity index (χ1n) is 6.28. The lowest BCUT2D eigenvalue weighted by molar-refractivity contribution is 0.128. The minimum absolute atomic E-state index is 0.426. The minimum atomic E-state index is 0.426. The van der Waals surface area contributed by atoms with E-state index in [4.69, 9.17) is 4.74 Å². The van der Waals surface area contributed by atoms with Crippen molar-refractivity contribution >= 4 is 33.5 Å². The summed E-state index contributed by atoms with van der Waals surface area (Å²) in [6.07, 6.45) is 0. The number of benzene rings is 1. The van der Waals surface area contributed by atoms with Crippen LogP contribution in [0.15, 0.2) is 44.7 Å². The number of aromatic nitrogens is 2. The van der Waals surface area contributed by atoms with E-state index in [1.807, 2.05) is 38.2 Å². The van der Waals surface area contributed by atoms with Crippen LogP contribution in [0.4, 0.5) is 5.82 Å². The molecule has 4 nitrogen and oxygen atoms in total. The van der Waals surface area contributed by atoms with Gasteiger partial charge in [-0.15, -0.1) is 0 Å². The molecule has 1 aromatic carbocycles. The number of nitrogens with zero attached hydrogens (tertiary/aromatic N) is 2. The van der Waals surface area contributed by atoms with Gasteiger partial charge in [0.2, 0.25) is 0 Å². The quantitative estimate of drug-likeness (QED) is 0.796. The number of rotatable bonds is 6. The fourth-order valence-corrected chi connectivity index (χ4v) is 2.94. The maximum Gasteiger partial charge on any atom is 0.157 e. The zero-order chi connectivity index (χ0) is 14.4. The van der Waals surface area contributed by atoms with Crippen LogP contribution in [0.2, 0.25) is 0 Å². The summed E-state index contributed by atoms with van der Waals surface area (Å²) in [4.78, 5) is 10.0. The largest absolute Gasteiger partial charge is 0.374 e. The van der Waals surface area contributed by atoms with E-state index in [2.05, 4.69) is 37.3 Å². The molecule has 20 heavy (non-hydrogen) atoms. The molecule has 0 aliphatic carbocycles. The molecule has 0 saturated heterocycles. The van der Waals surface area contributed by atoms with E-state index >= 15 is 0 Å². The summed E-state index contributed by atoms with van der Waals surface area (Å²) >= 11 is 5.14. The molecule has 0 amide bonds. The Morgan fingerprint density at radius 3 is 2.80 bits per heavy atom. The molecule has 0 radical (unpaired) electrons. The van der Waals surface area contributed by atoms with Gasteiger partial charge >= 0.3 is 0 Å². The lowest BCUT2D eigenvalue weighted by Gasteiger charge is -2.08. The molecule has 0 spiro atoms. The Morgan fingerprint density at radius 2 is 2.10 bits per heavy atom. The summed E-state index contributed by atoms with van der Waals surface area (Å²) in [5.74, 6) is 1.48. The van der Waals surface area contributed by atoms with Crippen LogP contribution < -0.4 is 5.32 Å². The van der Waals surface area contributed by atoms with Crippen molar-refractivity contribution in [3.8, 4) is 0 Å². The zero-order valence-electron chi connectivity index (χ0n) is 11.4. The van der Waals surface area contributed by atoms with Gasteiger partial charge in [0.15, 0.2) is 5.82 Å². The average Bonchev–Trinajstić information content (AvgIpc) is 2.47. The molecule has 106 valence electrons. The maximum atomic E-state index is 5.38. The predicted octanol–water partition coefficient (Wildman–Crippen LogP) is 3.97. The van der Waals surface area contributed by atoms with Crippen LogP contribution in [0.3, 0.4) is 0 Å². The van der Waals surface area contributed by atoms with Crippen LogP contribution >= 0.6 is 27.7 Å². The first kappa shape index (κ1) is 15.3. The monoisotopic (exact) mass is 353 g/mol. The normalized spacial score (nSPS) is 10.6. The molecule has 2 aromatic rings. The first-order valence-corrected chi connectivity index (χ1v) is 7.89. The number of ether oxygens (including phenoxy) is 1. The molecule has 6 heteroatoms. The Bertz CT molecular complexity index is 580. The van der Waals surface area contributed by atoms with E-state index in [0.29, 0.717) is 19.0 Å². The van der Waals surface area contributed by atoms with Gasteiger partial charge in [-0.25, -0.2) is 9.97 Å². The van der Waals surface area contributed by atoms with Gasteiger partial charge in [0.1, 0.15) is 17.5 Å². The highest BCUT2D eigenvalue weighted by atomic mass is 79.9. The highest BCUT2D eigenvalue weighted by Crippen LogP contribution is 2.32. The van der Waals surface area contributed by atoms with Crippen LogP contribution in [0, 0.1) is 0 Å². The first-order chi connectivity index (χ1) is 9.72. The van der Waals surface area contributed by atoms with Gasteiger partial charge in [-0.1, -0.05) is 23.9 Å². The lowest BCUT2D eigenvalue weighted by atomic mass is 10.4. The van der Waals surface area contributed by atoms with E-state index in [-0.39, 0.29) is 0 Å². The van der Waals surface area contributed by atoms with Crippen molar-refractivity contribution in [2.45, 2.75) is 23.5 Å². The molecule has 0 atom stereocenters. The van der Waals surface area contributed by atoms with Crippen molar-refractivity contribution in [2.75, 3.05) is 19.0 Å².